The summed E-state index contributed by atoms with van der Waals surface area (Å²) >= 11 is 0. The van der Waals surface area contributed by atoms with E-state index in [9.17, 15) is 12.8 Å². The number of anilines is 1. The van der Waals surface area contributed by atoms with Gasteiger partial charge in [0.1, 0.15) is 5.82 Å². The van der Waals surface area contributed by atoms with E-state index in [1.807, 2.05) is 18.2 Å². The van der Waals surface area contributed by atoms with Gasteiger partial charge < -0.3 is 4.98 Å². The van der Waals surface area contributed by atoms with Gasteiger partial charge in [0.25, 0.3) is 0 Å². The standard InChI is InChI=1S/C16H15FN2O2S/c1-2-22(20,21)19-14-6-3-11(4-7-14)16-10-12-9-13(17)5-8-15(12)18-16/h3-10,18-19H,2H2,1H3. The van der Waals surface area contributed by atoms with Crippen LogP contribution in [-0.2, 0) is 10.0 Å². The molecule has 0 radical (unpaired) electrons. The number of rotatable bonds is 4. The van der Waals surface area contributed by atoms with Crippen molar-refractivity contribution in [3.63, 3.8) is 0 Å². The van der Waals surface area contributed by atoms with E-state index in [1.165, 1.54) is 12.1 Å². The fourth-order valence-electron chi connectivity index (χ4n) is 2.23. The second-order valence-electron chi connectivity index (χ2n) is 5.00. The normalized spacial score (nSPS) is 11.7. The first-order valence-corrected chi connectivity index (χ1v) is 8.51. The molecule has 114 valence electrons. The van der Waals surface area contributed by atoms with E-state index in [1.54, 1.807) is 25.1 Å². The molecular formula is C16H15FN2O2S. The van der Waals surface area contributed by atoms with Crippen molar-refractivity contribution in [3.8, 4) is 11.3 Å². The number of halogens is 1. The molecule has 4 nitrogen and oxygen atoms in total. The molecule has 0 atom stereocenters. The number of nitrogens with one attached hydrogen (secondary N) is 2. The summed E-state index contributed by atoms with van der Waals surface area (Å²) in [6.07, 6.45) is 0. The second kappa shape index (κ2) is 5.46. The van der Waals surface area contributed by atoms with Gasteiger partial charge >= 0.3 is 0 Å². The second-order valence-corrected chi connectivity index (χ2v) is 7.01. The van der Waals surface area contributed by atoms with E-state index in [4.69, 9.17) is 0 Å². The highest BCUT2D eigenvalue weighted by atomic mass is 32.2. The molecule has 0 aliphatic carbocycles. The highest BCUT2D eigenvalue weighted by Gasteiger charge is 2.08. The van der Waals surface area contributed by atoms with Crippen LogP contribution in [0.1, 0.15) is 6.92 Å². The fraction of sp³-hybridized carbons (Fsp3) is 0.125. The number of aromatic nitrogens is 1. The third kappa shape index (κ3) is 2.96. The van der Waals surface area contributed by atoms with Crippen LogP contribution in [0.3, 0.4) is 0 Å². The quantitative estimate of drug-likeness (QED) is 0.770. The van der Waals surface area contributed by atoms with Crippen LogP contribution in [0.15, 0.2) is 48.5 Å². The largest absolute Gasteiger partial charge is 0.355 e. The third-order valence-corrected chi connectivity index (χ3v) is 4.74. The van der Waals surface area contributed by atoms with Gasteiger partial charge in [-0.2, -0.15) is 0 Å². The lowest BCUT2D eigenvalue weighted by molar-refractivity contribution is 0.602. The van der Waals surface area contributed by atoms with Crippen molar-refractivity contribution in [2.75, 3.05) is 10.5 Å². The van der Waals surface area contributed by atoms with Crippen LogP contribution in [0.4, 0.5) is 10.1 Å². The number of hydrogen-bond donors (Lipinski definition) is 2. The molecule has 22 heavy (non-hydrogen) atoms. The minimum atomic E-state index is -3.27. The Balaban J connectivity index is 1.91. The number of fused-ring (bicyclic) bond motifs is 1. The zero-order chi connectivity index (χ0) is 15.7. The van der Waals surface area contributed by atoms with Gasteiger partial charge in [0.05, 0.1) is 5.75 Å². The molecule has 2 N–H and O–H groups in total. The van der Waals surface area contributed by atoms with E-state index >= 15 is 0 Å². The predicted molar refractivity (Wildman–Crippen MR) is 86.8 cm³/mol. The molecule has 1 aromatic heterocycles. The van der Waals surface area contributed by atoms with Gasteiger partial charge in [-0.3, -0.25) is 4.72 Å². The van der Waals surface area contributed by atoms with Crippen LogP contribution in [0.25, 0.3) is 22.2 Å². The van der Waals surface area contributed by atoms with Crippen molar-refractivity contribution in [2.24, 2.45) is 0 Å². The van der Waals surface area contributed by atoms with Gasteiger partial charge in [-0.15, -0.1) is 0 Å². The van der Waals surface area contributed by atoms with Crippen LogP contribution >= 0.6 is 0 Å². The number of benzene rings is 2. The van der Waals surface area contributed by atoms with Crippen LogP contribution in [0.5, 0.6) is 0 Å². The maximum Gasteiger partial charge on any atom is 0.232 e. The minimum absolute atomic E-state index is 0.0301. The summed E-state index contributed by atoms with van der Waals surface area (Å²) in [6.45, 7) is 1.58. The van der Waals surface area contributed by atoms with Gasteiger partial charge in [-0.05, 0) is 48.9 Å². The lowest BCUT2D eigenvalue weighted by Crippen LogP contribution is -2.14. The number of hydrogen-bond acceptors (Lipinski definition) is 2. The molecule has 2 aromatic carbocycles. The maximum absolute atomic E-state index is 13.2. The van der Waals surface area contributed by atoms with Gasteiger partial charge in [-0.1, -0.05) is 12.1 Å². The van der Waals surface area contributed by atoms with Crippen molar-refractivity contribution in [1.29, 1.82) is 0 Å². The van der Waals surface area contributed by atoms with E-state index in [0.717, 1.165) is 22.2 Å². The first-order chi connectivity index (χ1) is 10.5. The maximum atomic E-state index is 13.2. The predicted octanol–water partition coefficient (Wildman–Crippen LogP) is 3.74. The summed E-state index contributed by atoms with van der Waals surface area (Å²) in [4.78, 5) is 3.21. The van der Waals surface area contributed by atoms with E-state index in [-0.39, 0.29) is 11.6 Å². The van der Waals surface area contributed by atoms with Gasteiger partial charge in [0, 0.05) is 22.3 Å². The Morgan fingerprint density at radius 1 is 1.09 bits per heavy atom. The smallest absolute Gasteiger partial charge is 0.232 e. The number of H-pyrrole nitrogens is 1. The Bertz CT molecular complexity index is 915. The van der Waals surface area contributed by atoms with Crippen LogP contribution < -0.4 is 4.72 Å². The SMILES string of the molecule is CCS(=O)(=O)Nc1ccc(-c2cc3cc(F)ccc3[nH]2)cc1. The van der Waals surface area contributed by atoms with Gasteiger partial charge in [0.2, 0.25) is 10.0 Å². The molecule has 0 aliphatic heterocycles. The number of aromatic amines is 1. The molecule has 3 aromatic rings. The lowest BCUT2D eigenvalue weighted by Gasteiger charge is -2.06. The summed E-state index contributed by atoms with van der Waals surface area (Å²) in [5.74, 6) is -0.245. The highest BCUT2D eigenvalue weighted by molar-refractivity contribution is 7.92. The summed E-state index contributed by atoms with van der Waals surface area (Å²) in [7, 11) is -3.27. The topological polar surface area (TPSA) is 62.0 Å². The van der Waals surface area contributed by atoms with E-state index in [0.29, 0.717) is 5.69 Å². The van der Waals surface area contributed by atoms with Crippen LogP contribution in [-0.4, -0.2) is 19.2 Å². The van der Waals surface area contributed by atoms with Crippen molar-refractivity contribution in [2.45, 2.75) is 6.92 Å². The summed E-state index contributed by atoms with van der Waals surface area (Å²) in [5.41, 5.74) is 3.13. The van der Waals surface area contributed by atoms with Gasteiger partial charge in [0.15, 0.2) is 0 Å². The molecule has 3 rings (SSSR count). The summed E-state index contributed by atoms with van der Waals surface area (Å²) in [5, 5.41) is 0.797. The Morgan fingerprint density at radius 3 is 2.50 bits per heavy atom. The van der Waals surface area contributed by atoms with Crippen molar-refractivity contribution in [1.82, 2.24) is 4.98 Å². The van der Waals surface area contributed by atoms with Crippen molar-refractivity contribution in [3.05, 3.63) is 54.3 Å². The van der Waals surface area contributed by atoms with Gasteiger partial charge in [-0.25, -0.2) is 12.8 Å². The first-order valence-electron chi connectivity index (χ1n) is 6.86. The molecule has 0 saturated heterocycles. The van der Waals surface area contributed by atoms with Crippen molar-refractivity contribution >= 4 is 26.6 Å². The lowest BCUT2D eigenvalue weighted by atomic mass is 10.1. The van der Waals surface area contributed by atoms with Crippen LogP contribution in [0.2, 0.25) is 0 Å². The molecular weight excluding hydrogens is 303 g/mol. The summed E-state index contributed by atoms with van der Waals surface area (Å²) < 4.78 is 38.7. The highest BCUT2D eigenvalue weighted by Crippen LogP contribution is 2.26. The monoisotopic (exact) mass is 318 g/mol. The molecule has 0 unspecified atom stereocenters. The average Bonchev–Trinajstić information content (AvgIpc) is 2.90. The zero-order valence-electron chi connectivity index (χ0n) is 11.9. The Kier molecular flexibility index (Phi) is 3.62. The molecule has 0 saturated carbocycles. The van der Waals surface area contributed by atoms with E-state index in [2.05, 4.69) is 9.71 Å². The molecule has 0 bridgehead atoms. The molecule has 1 heterocycles. The van der Waals surface area contributed by atoms with Crippen molar-refractivity contribution < 1.29 is 12.8 Å². The molecule has 0 fully saturated rings. The molecule has 0 aliphatic rings. The van der Waals surface area contributed by atoms with Crippen LogP contribution in [0, 0.1) is 5.82 Å². The van der Waals surface area contributed by atoms with E-state index < -0.39 is 10.0 Å². The molecule has 6 heteroatoms. The fourth-order valence-corrected chi connectivity index (χ4v) is 2.87. The Hall–Kier alpha value is -2.34. The Labute approximate surface area is 128 Å². The molecule has 0 spiro atoms. The summed E-state index contributed by atoms with van der Waals surface area (Å²) in [6, 6.07) is 13.5. The number of sulfonamides is 1. The zero-order valence-corrected chi connectivity index (χ0v) is 12.7. The minimum Gasteiger partial charge on any atom is -0.355 e. The Morgan fingerprint density at radius 2 is 1.82 bits per heavy atom. The molecule has 0 amide bonds. The average molecular weight is 318 g/mol. The first kappa shape index (κ1) is 14.6. The third-order valence-electron chi connectivity index (χ3n) is 3.43.